The van der Waals surface area contributed by atoms with Crippen molar-refractivity contribution in [3.8, 4) is 0 Å². The van der Waals surface area contributed by atoms with Crippen molar-refractivity contribution in [2.24, 2.45) is 4.99 Å². The number of methoxy groups -OCH3 is 2. The molecular formula is C21H34ClN5O3. The lowest BCUT2D eigenvalue weighted by Gasteiger charge is -2.36. The second-order valence-corrected chi connectivity index (χ2v) is 7.52. The van der Waals surface area contributed by atoms with Gasteiger partial charge in [-0.1, -0.05) is 23.7 Å². The molecule has 0 aromatic heterocycles. The molecule has 168 valence electrons. The summed E-state index contributed by atoms with van der Waals surface area (Å²) in [5.74, 6) is 0.899. The van der Waals surface area contributed by atoms with Crippen LogP contribution in [0.15, 0.2) is 29.3 Å². The van der Waals surface area contributed by atoms with Crippen molar-refractivity contribution in [1.82, 2.24) is 20.4 Å². The van der Waals surface area contributed by atoms with Gasteiger partial charge in [0.2, 0.25) is 5.91 Å². The van der Waals surface area contributed by atoms with Crippen LogP contribution in [0.5, 0.6) is 0 Å². The van der Waals surface area contributed by atoms with Crippen LogP contribution in [-0.4, -0.2) is 94.9 Å². The molecule has 0 saturated carbocycles. The van der Waals surface area contributed by atoms with Crippen molar-refractivity contribution < 1.29 is 14.3 Å². The summed E-state index contributed by atoms with van der Waals surface area (Å²) >= 11 is 6.11. The third kappa shape index (κ3) is 8.10. The number of piperazine rings is 1. The van der Waals surface area contributed by atoms with Gasteiger partial charge in [0.1, 0.15) is 6.10 Å². The van der Waals surface area contributed by atoms with Crippen LogP contribution in [0.3, 0.4) is 0 Å². The number of rotatable bonds is 10. The fraction of sp³-hybridized carbons (Fsp3) is 0.619. The van der Waals surface area contributed by atoms with Crippen LogP contribution < -0.4 is 10.6 Å². The molecule has 1 aromatic carbocycles. The Morgan fingerprint density at radius 1 is 1.23 bits per heavy atom. The SMILES string of the molecule is CCNC(=NCC(OC)c1cccc(Cl)c1)N1CCN(CC(=O)NCCOC)CC1. The number of carbonyl (C=O) groups is 1. The van der Waals surface area contributed by atoms with Gasteiger partial charge in [-0.2, -0.15) is 0 Å². The number of benzene rings is 1. The van der Waals surface area contributed by atoms with Gasteiger partial charge in [0.25, 0.3) is 0 Å². The fourth-order valence-electron chi connectivity index (χ4n) is 3.29. The number of ether oxygens (including phenoxy) is 2. The van der Waals surface area contributed by atoms with Crippen LogP contribution in [-0.2, 0) is 14.3 Å². The maximum Gasteiger partial charge on any atom is 0.234 e. The highest BCUT2D eigenvalue weighted by atomic mass is 35.5. The fourth-order valence-corrected chi connectivity index (χ4v) is 3.49. The van der Waals surface area contributed by atoms with Gasteiger partial charge in [0, 0.05) is 58.5 Å². The first kappa shape index (κ1) is 24.4. The second-order valence-electron chi connectivity index (χ2n) is 7.08. The normalized spacial score (nSPS) is 16.4. The Bertz CT molecular complexity index is 680. The van der Waals surface area contributed by atoms with Crippen LogP contribution in [0.2, 0.25) is 5.02 Å². The molecule has 1 unspecified atom stereocenters. The van der Waals surface area contributed by atoms with Gasteiger partial charge in [0.05, 0.1) is 19.7 Å². The van der Waals surface area contributed by atoms with E-state index in [9.17, 15) is 4.79 Å². The molecule has 0 bridgehead atoms. The van der Waals surface area contributed by atoms with Gasteiger partial charge in [-0.15, -0.1) is 0 Å². The summed E-state index contributed by atoms with van der Waals surface area (Å²) in [6, 6.07) is 7.68. The van der Waals surface area contributed by atoms with Crippen molar-refractivity contribution in [3.05, 3.63) is 34.9 Å². The van der Waals surface area contributed by atoms with Crippen LogP contribution in [0, 0.1) is 0 Å². The molecule has 9 heteroatoms. The minimum Gasteiger partial charge on any atom is -0.383 e. The lowest BCUT2D eigenvalue weighted by atomic mass is 10.1. The quantitative estimate of drug-likeness (QED) is 0.326. The van der Waals surface area contributed by atoms with Crippen molar-refractivity contribution >= 4 is 23.5 Å². The molecule has 1 atom stereocenters. The Balaban J connectivity index is 1.89. The zero-order valence-corrected chi connectivity index (χ0v) is 19.0. The molecule has 1 aliphatic rings. The maximum atomic E-state index is 12.0. The third-order valence-electron chi connectivity index (χ3n) is 4.91. The first-order valence-corrected chi connectivity index (χ1v) is 10.7. The smallest absolute Gasteiger partial charge is 0.234 e. The number of hydrogen-bond donors (Lipinski definition) is 2. The van der Waals surface area contributed by atoms with Crippen molar-refractivity contribution in [1.29, 1.82) is 0 Å². The predicted octanol–water partition coefficient (Wildman–Crippen LogP) is 1.37. The molecule has 0 spiro atoms. The number of hydrogen-bond acceptors (Lipinski definition) is 5. The topological polar surface area (TPSA) is 78.4 Å². The van der Waals surface area contributed by atoms with Crippen LogP contribution in [0.1, 0.15) is 18.6 Å². The van der Waals surface area contributed by atoms with Gasteiger partial charge < -0.3 is 25.0 Å². The van der Waals surface area contributed by atoms with E-state index < -0.39 is 0 Å². The molecule has 1 amide bonds. The zero-order valence-electron chi connectivity index (χ0n) is 18.2. The highest BCUT2D eigenvalue weighted by Crippen LogP contribution is 2.20. The molecule has 30 heavy (non-hydrogen) atoms. The molecule has 0 aliphatic carbocycles. The first-order chi connectivity index (χ1) is 14.6. The molecular weight excluding hydrogens is 406 g/mol. The van der Waals surface area contributed by atoms with Gasteiger partial charge in [-0.25, -0.2) is 0 Å². The summed E-state index contributed by atoms with van der Waals surface area (Å²) in [6.07, 6.45) is -0.158. The largest absolute Gasteiger partial charge is 0.383 e. The number of nitrogens with one attached hydrogen (secondary N) is 2. The minimum atomic E-state index is -0.158. The number of halogens is 1. The van der Waals surface area contributed by atoms with E-state index in [1.807, 2.05) is 24.3 Å². The Labute approximate surface area is 184 Å². The molecule has 1 saturated heterocycles. The first-order valence-electron chi connectivity index (χ1n) is 10.4. The molecule has 0 radical (unpaired) electrons. The van der Waals surface area contributed by atoms with Crippen molar-refractivity contribution in [2.75, 3.05) is 73.2 Å². The number of amides is 1. The molecule has 1 aliphatic heterocycles. The summed E-state index contributed by atoms with van der Waals surface area (Å²) in [6.45, 7) is 8.06. The van der Waals surface area contributed by atoms with E-state index in [4.69, 9.17) is 26.1 Å². The highest BCUT2D eigenvalue weighted by Gasteiger charge is 2.21. The van der Waals surface area contributed by atoms with Crippen molar-refractivity contribution in [3.63, 3.8) is 0 Å². The van der Waals surface area contributed by atoms with E-state index in [1.54, 1.807) is 14.2 Å². The summed E-state index contributed by atoms with van der Waals surface area (Å²) in [4.78, 5) is 21.2. The molecule has 1 aromatic rings. The highest BCUT2D eigenvalue weighted by molar-refractivity contribution is 6.30. The summed E-state index contributed by atoms with van der Waals surface area (Å²) in [5.41, 5.74) is 1.01. The number of nitrogens with zero attached hydrogens (tertiary/aromatic N) is 3. The lowest BCUT2D eigenvalue weighted by molar-refractivity contribution is -0.122. The predicted molar refractivity (Wildman–Crippen MR) is 120 cm³/mol. The Hall–Kier alpha value is -1.87. The molecule has 2 rings (SSSR count). The molecule has 8 nitrogen and oxygen atoms in total. The summed E-state index contributed by atoms with van der Waals surface area (Å²) in [5, 5.41) is 6.92. The molecule has 1 fully saturated rings. The average Bonchev–Trinajstić information content (AvgIpc) is 2.74. The summed E-state index contributed by atoms with van der Waals surface area (Å²) in [7, 11) is 3.31. The number of carbonyl (C=O) groups excluding carboxylic acids is 1. The van der Waals surface area contributed by atoms with E-state index in [0.717, 1.165) is 44.2 Å². The van der Waals surface area contributed by atoms with Crippen LogP contribution in [0.25, 0.3) is 0 Å². The van der Waals surface area contributed by atoms with Gasteiger partial charge in [0.15, 0.2) is 5.96 Å². The zero-order chi connectivity index (χ0) is 21.8. The van der Waals surface area contributed by atoms with Gasteiger partial charge >= 0.3 is 0 Å². The standard InChI is InChI=1S/C21H34ClN5O3/c1-4-23-21(25-15-19(30-3)17-6-5-7-18(22)14-17)27-11-9-26(10-12-27)16-20(28)24-8-13-29-2/h5-7,14,19H,4,8-13,15-16H2,1-3H3,(H,23,25)(H,24,28). The monoisotopic (exact) mass is 439 g/mol. The maximum absolute atomic E-state index is 12.0. The minimum absolute atomic E-state index is 0.0329. The van der Waals surface area contributed by atoms with Crippen LogP contribution in [0.4, 0.5) is 0 Å². The van der Waals surface area contributed by atoms with E-state index in [2.05, 4.69) is 27.4 Å². The molecule has 1 heterocycles. The third-order valence-corrected chi connectivity index (χ3v) is 5.15. The molecule has 2 N–H and O–H groups in total. The van der Waals surface area contributed by atoms with Crippen LogP contribution >= 0.6 is 11.6 Å². The Morgan fingerprint density at radius 3 is 2.63 bits per heavy atom. The Morgan fingerprint density at radius 2 is 2.00 bits per heavy atom. The van der Waals surface area contributed by atoms with Crippen molar-refractivity contribution in [2.45, 2.75) is 13.0 Å². The van der Waals surface area contributed by atoms with Gasteiger partial charge in [-0.3, -0.25) is 14.7 Å². The average molecular weight is 440 g/mol. The van der Waals surface area contributed by atoms with Gasteiger partial charge in [-0.05, 0) is 24.6 Å². The summed E-state index contributed by atoms with van der Waals surface area (Å²) < 4.78 is 10.6. The van der Waals surface area contributed by atoms with E-state index in [0.29, 0.717) is 31.3 Å². The van der Waals surface area contributed by atoms with E-state index in [1.165, 1.54) is 0 Å². The number of guanidine groups is 1. The second kappa shape index (κ2) is 13.4. The van der Waals surface area contributed by atoms with E-state index >= 15 is 0 Å². The lowest BCUT2D eigenvalue weighted by Crippen LogP contribution is -2.54. The Kier molecular flexibility index (Phi) is 10.9. The number of aliphatic imine (C=N–C) groups is 1. The van der Waals surface area contributed by atoms with E-state index in [-0.39, 0.29) is 12.0 Å².